The van der Waals surface area contributed by atoms with Gasteiger partial charge in [0.05, 0.1) is 5.56 Å². The van der Waals surface area contributed by atoms with E-state index < -0.39 is 5.82 Å². The maximum Gasteiger partial charge on any atom is 0.165 e. The quantitative estimate of drug-likeness (QED) is 0.747. The van der Waals surface area contributed by atoms with E-state index in [-0.39, 0.29) is 10.7 Å². The molecule has 0 saturated heterocycles. The summed E-state index contributed by atoms with van der Waals surface area (Å²) in [7, 11) is 0. The molecule has 0 aliphatic heterocycles. The van der Waals surface area contributed by atoms with Gasteiger partial charge in [-0.2, -0.15) is 0 Å². The molecule has 2 aromatic rings. The summed E-state index contributed by atoms with van der Waals surface area (Å²) in [5.41, 5.74) is 6.17. The van der Waals surface area contributed by atoms with Crippen molar-refractivity contribution >= 4 is 49.1 Å². The lowest BCUT2D eigenvalue weighted by Gasteiger charge is -2.11. The van der Waals surface area contributed by atoms with Crippen molar-refractivity contribution < 1.29 is 9.13 Å². The molecular weight excluding hydrogens is 397 g/mol. The first-order valence-corrected chi connectivity index (χ1v) is 7.19. The van der Waals surface area contributed by atoms with Gasteiger partial charge in [-0.3, -0.25) is 0 Å². The van der Waals surface area contributed by atoms with Gasteiger partial charge in [0.1, 0.15) is 10.7 Å². The molecule has 0 bridgehead atoms. The van der Waals surface area contributed by atoms with Crippen molar-refractivity contribution in [2.75, 3.05) is 0 Å². The number of hydrogen-bond acceptors (Lipinski definition) is 2. The van der Waals surface area contributed by atoms with Crippen molar-refractivity contribution in [1.29, 1.82) is 0 Å². The van der Waals surface area contributed by atoms with Gasteiger partial charge in [-0.05, 0) is 36.4 Å². The van der Waals surface area contributed by atoms with Crippen molar-refractivity contribution in [3.63, 3.8) is 0 Å². The second kappa shape index (κ2) is 5.98. The first-order valence-electron chi connectivity index (χ1n) is 5.19. The Bertz CT molecular complexity index is 649. The van der Waals surface area contributed by atoms with Crippen LogP contribution in [0.5, 0.6) is 11.5 Å². The minimum absolute atomic E-state index is 0.102. The number of ether oxygens (including phenoxy) is 1. The number of hydrogen-bond donors (Lipinski definition) is 1. The Balaban J connectivity index is 2.45. The maximum absolute atomic E-state index is 13.7. The van der Waals surface area contributed by atoms with Crippen LogP contribution in [0.2, 0.25) is 0 Å². The van der Waals surface area contributed by atoms with Gasteiger partial charge in [0.2, 0.25) is 0 Å². The van der Waals surface area contributed by atoms with E-state index in [1.54, 1.807) is 30.3 Å². The molecule has 0 atom stereocenters. The van der Waals surface area contributed by atoms with E-state index in [1.807, 2.05) is 0 Å². The highest BCUT2D eigenvalue weighted by Gasteiger charge is 2.11. The molecule has 0 heterocycles. The lowest BCUT2D eigenvalue weighted by atomic mass is 10.2. The monoisotopic (exact) mass is 403 g/mol. The van der Waals surface area contributed by atoms with Crippen LogP contribution in [-0.4, -0.2) is 4.99 Å². The van der Waals surface area contributed by atoms with Gasteiger partial charge < -0.3 is 10.5 Å². The Morgan fingerprint density at radius 2 is 1.63 bits per heavy atom. The second-order valence-corrected chi connectivity index (χ2v) is 5.95. The van der Waals surface area contributed by atoms with Crippen LogP contribution in [0, 0.1) is 5.82 Å². The third kappa shape index (κ3) is 3.52. The molecule has 6 heteroatoms. The highest BCUT2D eigenvalue weighted by atomic mass is 79.9. The fourth-order valence-electron chi connectivity index (χ4n) is 1.46. The summed E-state index contributed by atoms with van der Waals surface area (Å²) in [6.45, 7) is 0. The van der Waals surface area contributed by atoms with Gasteiger partial charge in [-0.15, -0.1) is 0 Å². The Morgan fingerprint density at radius 1 is 1.05 bits per heavy atom. The molecule has 2 nitrogen and oxygen atoms in total. The standard InChI is InChI=1S/C13H8Br2FNOS/c14-7-1-3-9(13(17)19)11(5-7)18-12-6-8(15)2-4-10(12)16/h1-6H,(H2,17,19). The van der Waals surface area contributed by atoms with Crippen molar-refractivity contribution in [3.05, 3.63) is 56.7 Å². The van der Waals surface area contributed by atoms with Crippen molar-refractivity contribution in [2.45, 2.75) is 0 Å². The average Bonchev–Trinajstić information content (AvgIpc) is 2.33. The summed E-state index contributed by atoms with van der Waals surface area (Å²) in [4.78, 5) is 0.193. The molecule has 0 radical (unpaired) electrons. The van der Waals surface area contributed by atoms with Crippen LogP contribution in [0.4, 0.5) is 4.39 Å². The molecule has 0 unspecified atom stereocenters. The van der Waals surface area contributed by atoms with E-state index in [4.69, 9.17) is 22.7 Å². The molecule has 0 aliphatic carbocycles. The molecule has 0 aliphatic rings. The van der Waals surface area contributed by atoms with Crippen LogP contribution in [0.3, 0.4) is 0 Å². The first kappa shape index (κ1) is 14.4. The lowest BCUT2D eigenvalue weighted by Crippen LogP contribution is -2.10. The fourth-order valence-corrected chi connectivity index (χ4v) is 2.31. The third-order valence-corrected chi connectivity index (χ3v) is 3.53. The Labute approximate surface area is 132 Å². The molecule has 0 amide bonds. The summed E-state index contributed by atoms with van der Waals surface area (Å²) in [5, 5.41) is 0. The van der Waals surface area contributed by atoms with Gasteiger partial charge in [-0.25, -0.2) is 4.39 Å². The fraction of sp³-hybridized carbons (Fsp3) is 0. The van der Waals surface area contributed by atoms with Crippen LogP contribution in [0.1, 0.15) is 5.56 Å². The molecule has 2 aromatic carbocycles. The zero-order valence-electron chi connectivity index (χ0n) is 9.49. The molecular formula is C13H8Br2FNOS. The van der Waals surface area contributed by atoms with E-state index in [9.17, 15) is 4.39 Å². The number of thiocarbonyl (C=S) groups is 1. The topological polar surface area (TPSA) is 35.2 Å². The van der Waals surface area contributed by atoms with Crippen LogP contribution in [0.25, 0.3) is 0 Å². The van der Waals surface area contributed by atoms with Crippen molar-refractivity contribution in [2.24, 2.45) is 5.73 Å². The van der Waals surface area contributed by atoms with Gasteiger partial charge in [0.15, 0.2) is 11.6 Å². The van der Waals surface area contributed by atoms with Crippen LogP contribution < -0.4 is 10.5 Å². The first-order chi connectivity index (χ1) is 8.97. The Kier molecular flexibility index (Phi) is 4.54. The molecule has 0 aromatic heterocycles. The van der Waals surface area contributed by atoms with Gasteiger partial charge in [0, 0.05) is 8.95 Å². The molecule has 2 rings (SSSR count). The number of nitrogens with two attached hydrogens (primary N) is 1. The lowest BCUT2D eigenvalue weighted by molar-refractivity contribution is 0.441. The summed E-state index contributed by atoms with van der Waals surface area (Å²) in [6.07, 6.45) is 0. The molecule has 19 heavy (non-hydrogen) atoms. The summed E-state index contributed by atoms with van der Waals surface area (Å²) in [5.74, 6) is 0.0425. The Morgan fingerprint density at radius 3 is 2.26 bits per heavy atom. The highest BCUT2D eigenvalue weighted by molar-refractivity contribution is 9.10. The molecule has 0 saturated carbocycles. The predicted molar refractivity (Wildman–Crippen MR) is 84.2 cm³/mol. The second-order valence-electron chi connectivity index (χ2n) is 3.68. The smallest absolute Gasteiger partial charge is 0.165 e. The van der Waals surface area contributed by atoms with Crippen LogP contribution in [0.15, 0.2) is 45.3 Å². The average molecular weight is 405 g/mol. The van der Waals surface area contributed by atoms with E-state index in [2.05, 4.69) is 31.9 Å². The maximum atomic E-state index is 13.7. The van der Waals surface area contributed by atoms with Gasteiger partial charge in [-0.1, -0.05) is 44.1 Å². The molecule has 0 spiro atoms. The molecule has 0 fully saturated rings. The zero-order chi connectivity index (χ0) is 14.0. The van der Waals surface area contributed by atoms with E-state index in [0.717, 1.165) is 8.95 Å². The number of rotatable bonds is 3. The van der Waals surface area contributed by atoms with E-state index in [1.165, 1.54) is 6.07 Å². The number of benzene rings is 2. The van der Waals surface area contributed by atoms with Gasteiger partial charge >= 0.3 is 0 Å². The number of halogens is 3. The predicted octanol–water partition coefficient (Wildman–Crippen LogP) is 4.78. The molecule has 2 N–H and O–H groups in total. The van der Waals surface area contributed by atoms with E-state index >= 15 is 0 Å². The normalized spacial score (nSPS) is 10.3. The van der Waals surface area contributed by atoms with Crippen LogP contribution >= 0.6 is 44.1 Å². The van der Waals surface area contributed by atoms with Crippen LogP contribution in [-0.2, 0) is 0 Å². The summed E-state index contributed by atoms with van der Waals surface area (Å²) >= 11 is 11.5. The highest BCUT2D eigenvalue weighted by Crippen LogP contribution is 2.31. The molecule has 98 valence electrons. The van der Waals surface area contributed by atoms with Gasteiger partial charge in [0.25, 0.3) is 0 Å². The minimum atomic E-state index is -0.461. The SMILES string of the molecule is NC(=S)c1ccc(Br)cc1Oc1cc(Br)ccc1F. The summed E-state index contributed by atoms with van der Waals surface area (Å²) in [6, 6.07) is 9.65. The van der Waals surface area contributed by atoms with Crippen molar-refractivity contribution in [1.82, 2.24) is 0 Å². The summed E-state index contributed by atoms with van der Waals surface area (Å²) < 4.78 is 20.7. The van der Waals surface area contributed by atoms with E-state index in [0.29, 0.717) is 11.3 Å². The minimum Gasteiger partial charge on any atom is -0.453 e. The zero-order valence-corrected chi connectivity index (χ0v) is 13.5. The Hall–Kier alpha value is -0.980. The van der Waals surface area contributed by atoms with Crippen molar-refractivity contribution in [3.8, 4) is 11.5 Å². The largest absolute Gasteiger partial charge is 0.453 e. The third-order valence-electron chi connectivity index (χ3n) is 2.32.